The minimum absolute atomic E-state index is 0.372. The second-order valence-electron chi connectivity index (χ2n) is 8.44. The Morgan fingerprint density at radius 3 is 2.14 bits per heavy atom. The molecule has 0 saturated heterocycles. The van der Waals surface area contributed by atoms with Gasteiger partial charge in [-0.05, 0) is 42.0 Å². The van der Waals surface area contributed by atoms with Gasteiger partial charge in [0.15, 0.2) is 0 Å². The van der Waals surface area contributed by atoms with Gasteiger partial charge < -0.3 is 4.42 Å². The van der Waals surface area contributed by atoms with Crippen LogP contribution in [0.15, 0.2) is 4.42 Å². The standard InChI is InChI=1S/C19H34OSi/c1-8-16-14(2)20-17(15-12-10-9-11-13-15)18(16)21(6,7)19(3,4)5/h15H,8-13H2,1-7H3. The fraction of sp³-hybridized carbons (Fsp3) is 0.789. The molecule has 1 aliphatic rings. The van der Waals surface area contributed by atoms with Crippen LogP contribution in [-0.4, -0.2) is 8.07 Å². The van der Waals surface area contributed by atoms with Crippen LogP contribution in [0.3, 0.4) is 0 Å². The summed E-state index contributed by atoms with van der Waals surface area (Å²) < 4.78 is 6.39. The number of aryl methyl sites for hydroxylation is 1. The van der Waals surface area contributed by atoms with Gasteiger partial charge in [0.25, 0.3) is 0 Å². The molecular formula is C19H34OSi. The molecule has 1 heterocycles. The highest BCUT2D eigenvalue weighted by Gasteiger charge is 2.43. The second-order valence-corrected chi connectivity index (χ2v) is 13.7. The predicted octanol–water partition coefficient (Wildman–Crippen LogP) is 5.91. The van der Waals surface area contributed by atoms with E-state index in [1.54, 1.807) is 5.19 Å². The molecule has 0 aliphatic heterocycles. The van der Waals surface area contributed by atoms with E-state index < -0.39 is 8.07 Å². The molecule has 1 fully saturated rings. The molecule has 0 atom stereocenters. The maximum Gasteiger partial charge on any atom is 0.106 e. The third-order valence-corrected chi connectivity index (χ3v) is 11.6. The van der Waals surface area contributed by atoms with Gasteiger partial charge in [0.05, 0.1) is 8.07 Å². The molecular weight excluding hydrogens is 272 g/mol. The Morgan fingerprint density at radius 1 is 1.10 bits per heavy atom. The van der Waals surface area contributed by atoms with Gasteiger partial charge in [-0.3, -0.25) is 0 Å². The van der Waals surface area contributed by atoms with E-state index in [-0.39, 0.29) is 0 Å². The van der Waals surface area contributed by atoms with Gasteiger partial charge in [-0.15, -0.1) is 0 Å². The summed E-state index contributed by atoms with van der Waals surface area (Å²) in [7, 11) is -1.55. The molecule has 1 saturated carbocycles. The van der Waals surface area contributed by atoms with Crippen molar-refractivity contribution in [2.24, 2.45) is 0 Å². The fourth-order valence-electron chi connectivity index (χ4n) is 3.74. The van der Waals surface area contributed by atoms with Crippen molar-refractivity contribution in [3.8, 4) is 0 Å². The van der Waals surface area contributed by atoms with E-state index in [9.17, 15) is 0 Å². The van der Waals surface area contributed by atoms with Crippen molar-refractivity contribution in [1.82, 2.24) is 0 Å². The van der Waals surface area contributed by atoms with Crippen LogP contribution in [0.4, 0.5) is 0 Å². The summed E-state index contributed by atoms with van der Waals surface area (Å²) in [4.78, 5) is 0. The Labute approximate surface area is 132 Å². The van der Waals surface area contributed by atoms with Crippen LogP contribution in [0.1, 0.15) is 82.8 Å². The topological polar surface area (TPSA) is 13.1 Å². The minimum Gasteiger partial charge on any atom is -0.466 e. The van der Waals surface area contributed by atoms with Crippen LogP contribution in [0.2, 0.25) is 18.1 Å². The molecule has 2 rings (SSSR count). The summed E-state index contributed by atoms with van der Waals surface area (Å²) in [6.45, 7) is 16.8. The smallest absolute Gasteiger partial charge is 0.106 e. The monoisotopic (exact) mass is 306 g/mol. The molecule has 1 aromatic rings. The van der Waals surface area contributed by atoms with Crippen LogP contribution in [0.25, 0.3) is 0 Å². The first-order chi connectivity index (χ1) is 9.70. The first kappa shape index (κ1) is 16.9. The van der Waals surface area contributed by atoms with Crippen molar-refractivity contribution < 1.29 is 4.42 Å². The van der Waals surface area contributed by atoms with Gasteiger partial charge >= 0.3 is 0 Å². The van der Waals surface area contributed by atoms with Gasteiger partial charge in [-0.1, -0.05) is 60.1 Å². The lowest BCUT2D eigenvalue weighted by Gasteiger charge is -2.39. The lowest BCUT2D eigenvalue weighted by molar-refractivity contribution is 0.368. The van der Waals surface area contributed by atoms with Gasteiger partial charge in [-0.25, -0.2) is 0 Å². The Kier molecular flexibility index (Phi) is 4.77. The van der Waals surface area contributed by atoms with E-state index in [1.807, 2.05) is 0 Å². The number of hydrogen-bond donors (Lipinski definition) is 0. The van der Waals surface area contributed by atoms with Crippen molar-refractivity contribution in [3.05, 3.63) is 17.1 Å². The molecule has 1 nitrogen and oxygen atoms in total. The molecule has 120 valence electrons. The largest absolute Gasteiger partial charge is 0.466 e. The lowest BCUT2D eigenvalue weighted by Crippen LogP contribution is -2.52. The van der Waals surface area contributed by atoms with E-state index in [0.717, 1.165) is 6.42 Å². The van der Waals surface area contributed by atoms with Crippen LogP contribution < -0.4 is 5.19 Å². The molecule has 1 aliphatic carbocycles. The Hall–Kier alpha value is -0.503. The molecule has 0 bridgehead atoms. The zero-order valence-electron chi connectivity index (χ0n) is 15.2. The van der Waals surface area contributed by atoms with Crippen molar-refractivity contribution in [2.75, 3.05) is 0 Å². The summed E-state index contributed by atoms with van der Waals surface area (Å²) in [6.07, 6.45) is 7.94. The van der Waals surface area contributed by atoms with Crippen molar-refractivity contribution >= 4 is 13.3 Å². The third kappa shape index (κ3) is 3.01. The Balaban J connectivity index is 2.56. The molecule has 0 spiro atoms. The van der Waals surface area contributed by atoms with Crippen molar-refractivity contribution in [2.45, 2.75) is 97.2 Å². The molecule has 0 N–H and O–H groups in total. The molecule has 0 unspecified atom stereocenters. The van der Waals surface area contributed by atoms with Crippen LogP contribution in [0, 0.1) is 6.92 Å². The zero-order chi connectivity index (χ0) is 15.8. The van der Waals surface area contributed by atoms with Crippen LogP contribution in [0.5, 0.6) is 0 Å². The van der Waals surface area contributed by atoms with Crippen molar-refractivity contribution in [3.63, 3.8) is 0 Å². The highest BCUT2D eigenvalue weighted by Crippen LogP contribution is 2.41. The highest BCUT2D eigenvalue weighted by atomic mass is 28.3. The lowest BCUT2D eigenvalue weighted by atomic mass is 9.87. The summed E-state index contributed by atoms with van der Waals surface area (Å²) in [5.41, 5.74) is 1.53. The zero-order valence-corrected chi connectivity index (χ0v) is 16.2. The van der Waals surface area contributed by atoms with Gasteiger partial charge in [0, 0.05) is 5.92 Å². The first-order valence-electron chi connectivity index (χ1n) is 8.82. The number of hydrogen-bond acceptors (Lipinski definition) is 1. The maximum atomic E-state index is 6.39. The third-order valence-electron chi connectivity index (χ3n) is 6.07. The van der Waals surface area contributed by atoms with Crippen LogP contribution >= 0.6 is 0 Å². The van der Waals surface area contributed by atoms with E-state index in [1.165, 1.54) is 49.2 Å². The minimum atomic E-state index is -1.55. The van der Waals surface area contributed by atoms with Crippen molar-refractivity contribution in [1.29, 1.82) is 0 Å². The van der Waals surface area contributed by atoms with E-state index in [4.69, 9.17) is 4.42 Å². The van der Waals surface area contributed by atoms with Gasteiger partial charge in [-0.2, -0.15) is 0 Å². The molecule has 2 heteroatoms. The van der Waals surface area contributed by atoms with Gasteiger partial charge in [0.1, 0.15) is 11.5 Å². The summed E-state index contributed by atoms with van der Waals surface area (Å²) in [5, 5.41) is 2.04. The number of furan rings is 1. The van der Waals surface area contributed by atoms with Crippen LogP contribution in [-0.2, 0) is 6.42 Å². The average Bonchev–Trinajstić information content (AvgIpc) is 2.75. The Morgan fingerprint density at radius 2 is 1.67 bits per heavy atom. The molecule has 0 amide bonds. The molecule has 0 aromatic carbocycles. The summed E-state index contributed by atoms with van der Waals surface area (Å²) in [5.74, 6) is 3.26. The quantitative estimate of drug-likeness (QED) is 0.632. The fourth-order valence-corrected chi connectivity index (χ4v) is 6.47. The average molecular weight is 307 g/mol. The summed E-state index contributed by atoms with van der Waals surface area (Å²) >= 11 is 0. The number of rotatable bonds is 3. The maximum absolute atomic E-state index is 6.39. The normalized spacial score (nSPS) is 18.2. The molecule has 0 radical (unpaired) electrons. The van der Waals surface area contributed by atoms with E-state index in [2.05, 4.69) is 47.7 Å². The van der Waals surface area contributed by atoms with E-state index >= 15 is 0 Å². The summed E-state index contributed by atoms with van der Waals surface area (Å²) in [6, 6.07) is 0. The predicted molar refractivity (Wildman–Crippen MR) is 95.5 cm³/mol. The SMILES string of the molecule is CCc1c(C)oc(C2CCCCC2)c1[Si](C)(C)C(C)(C)C. The van der Waals surface area contributed by atoms with Gasteiger partial charge in [0.2, 0.25) is 0 Å². The van der Waals surface area contributed by atoms with E-state index in [0.29, 0.717) is 11.0 Å². The second kappa shape index (κ2) is 5.95. The molecule has 21 heavy (non-hydrogen) atoms. The highest BCUT2D eigenvalue weighted by molar-refractivity contribution is 6.92. The first-order valence-corrected chi connectivity index (χ1v) is 11.8. The molecule has 1 aromatic heterocycles. The Bertz CT molecular complexity index is 484.